The molecule has 0 aliphatic heterocycles. The van der Waals surface area contributed by atoms with Crippen LogP contribution in [0.1, 0.15) is 27.8 Å². The minimum absolute atomic E-state index is 0.496. The van der Waals surface area contributed by atoms with Crippen molar-refractivity contribution in [1.82, 2.24) is 0 Å². The molecule has 1 heteroatoms. The molecule has 1 N–H and O–H groups in total. The summed E-state index contributed by atoms with van der Waals surface area (Å²) >= 11 is 0. The zero-order valence-corrected chi connectivity index (χ0v) is 22.9. The molecule has 0 bridgehead atoms. The van der Waals surface area contributed by atoms with Crippen molar-refractivity contribution in [2.45, 2.75) is 6.42 Å². The molecular formula is C40H31N. The molecule has 0 aliphatic carbocycles. The summed E-state index contributed by atoms with van der Waals surface area (Å²) in [5, 5.41) is 8.74. The van der Waals surface area contributed by atoms with Crippen LogP contribution in [0.5, 0.6) is 0 Å². The average Bonchev–Trinajstić information content (AvgIpc) is 3.05. The van der Waals surface area contributed by atoms with Gasteiger partial charge in [0.05, 0.1) is 5.71 Å². The number of allylic oxidation sites excluding steroid dienone is 1. The number of hydrogen-bond donors (Lipinski definition) is 1. The SMILES string of the molecule is N=C(/C=C(/c1ccccc1)c1ccc(-c2cccc(-c3cccc(Cc4ccccc4)c3)c2)cc1)c1ccccc1. The van der Waals surface area contributed by atoms with Crippen LogP contribution in [0.2, 0.25) is 0 Å². The molecule has 0 saturated heterocycles. The van der Waals surface area contributed by atoms with Gasteiger partial charge in [-0.15, -0.1) is 0 Å². The maximum absolute atomic E-state index is 8.74. The molecule has 1 nitrogen and oxygen atoms in total. The second-order valence-electron chi connectivity index (χ2n) is 10.2. The molecule has 0 fully saturated rings. The smallest absolute Gasteiger partial charge is 0.0618 e. The van der Waals surface area contributed by atoms with Gasteiger partial charge in [0.15, 0.2) is 0 Å². The first-order valence-corrected chi connectivity index (χ1v) is 14.0. The van der Waals surface area contributed by atoms with Crippen LogP contribution in [-0.2, 0) is 6.42 Å². The maximum Gasteiger partial charge on any atom is 0.0618 e. The lowest BCUT2D eigenvalue weighted by atomic mass is 9.92. The van der Waals surface area contributed by atoms with E-state index in [1.165, 1.54) is 33.4 Å². The van der Waals surface area contributed by atoms with Gasteiger partial charge in [0.2, 0.25) is 0 Å². The summed E-state index contributed by atoms with van der Waals surface area (Å²) in [7, 11) is 0. The molecule has 0 amide bonds. The van der Waals surface area contributed by atoms with E-state index < -0.39 is 0 Å². The lowest BCUT2D eigenvalue weighted by Crippen LogP contribution is -1.98. The number of nitrogens with one attached hydrogen (secondary N) is 1. The van der Waals surface area contributed by atoms with E-state index in [0.29, 0.717) is 5.71 Å². The lowest BCUT2D eigenvalue weighted by Gasteiger charge is -2.12. The van der Waals surface area contributed by atoms with Crippen molar-refractivity contribution in [2.24, 2.45) is 0 Å². The molecule has 0 aliphatic rings. The standard InChI is InChI=1S/C40H31N/c41-40(35-17-8-3-9-18-35)29-39(33-15-6-2-7-16-33)34-24-22-32(23-25-34)37-20-11-21-38(28-37)36-19-10-14-31(27-36)26-30-12-4-1-5-13-30/h1-25,27-29,41H,26H2/b39-29-,41-40?. The van der Waals surface area contributed by atoms with Gasteiger partial charge in [-0.05, 0) is 74.2 Å². The third-order valence-electron chi connectivity index (χ3n) is 7.36. The van der Waals surface area contributed by atoms with E-state index >= 15 is 0 Å². The zero-order chi connectivity index (χ0) is 27.9. The van der Waals surface area contributed by atoms with Crippen LogP contribution in [-0.4, -0.2) is 5.71 Å². The first-order valence-electron chi connectivity index (χ1n) is 14.0. The summed E-state index contributed by atoms with van der Waals surface area (Å²) in [6.07, 6.45) is 2.90. The van der Waals surface area contributed by atoms with Crippen molar-refractivity contribution in [3.05, 3.63) is 198 Å². The summed E-state index contributed by atoms with van der Waals surface area (Å²) in [5.41, 5.74) is 12.0. The van der Waals surface area contributed by atoms with Crippen LogP contribution in [0.3, 0.4) is 0 Å². The lowest BCUT2D eigenvalue weighted by molar-refractivity contribution is 1.19. The Kier molecular flexibility index (Phi) is 7.78. The predicted octanol–water partition coefficient (Wildman–Crippen LogP) is 10.1. The molecule has 0 radical (unpaired) electrons. The number of hydrogen-bond acceptors (Lipinski definition) is 1. The Hall–Kier alpha value is -5.27. The van der Waals surface area contributed by atoms with Gasteiger partial charge in [-0.1, -0.05) is 158 Å². The van der Waals surface area contributed by atoms with Crippen molar-refractivity contribution in [2.75, 3.05) is 0 Å². The quantitative estimate of drug-likeness (QED) is 0.191. The van der Waals surface area contributed by atoms with Crippen LogP contribution >= 0.6 is 0 Å². The second-order valence-corrected chi connectivity index (χ2v) is 10.2. The number of rotatable bonds is 8. The second kappa shape index (κ2) is 12.3. The van der Waals surface area contributed by atoms with Gasteiger partial charge in [0, 0.05) is 0 Å². The molecule has 6 rings (SSSR count). The van der Waals surface area contributed by atoms with Crippen LogP contribution in [0.4, 0.5) is 0 Å². The van der Waals surface area contributed by atoms with Gasteiger partial charge in [-0.2, -0.15) is 0 Å². The number of benzene rings is 6. The molecule has 196 valence electrons. The van der Waals surface area contributed by atoms with Crippen molar-refractivity contribution in [1.29, 1.82) is 5.41 Å². The molecule has 0 saturated carbocycles. The van der Waals surface area contributed by atoms with Gasteiger partial charge in [0.25, 0.3) is 0 Å². The Balaban J connectivity index is 1.29. The largest absolute Gasteiger partial charge is 0.300 e. The summed E-state index contributed by atoms with van der Waals surface area (Å²) in [4.78, 5) is 0. The highest BCUT2D eigenvalue weighted by Gasteiger charge is 2.09. The Morgan fingerprint density at radius 1 is 0.415 bits per heavy atom. The topological polar surface area (TPSA) is 23.9 Å². The fourth-order valence-corrected chi connectivity index (χ4v) is 5.21. The molecule has 0 spiro atoms. The Labute approximate surface area is 242 Å². The van der Waals surface area contributed by atoms with E-state index in [9.17, 15) is 0 Å². The summed E-state index contributed by atoms with van der Waals surface area (Å²) in [5.74, 6) is 0. The molecule has 41 heavy (non-hydrogen) atoms. The fourth-order valence-electron chi connectivity index (χ4n) is 5.21. The van der Waals surface area contributed by atoms with Gasteiger partial charge in [0.1, 0.15) is 0 Å². The van der Waals surface area contributed by atoms with Crippen molar-refractivity contribution in [3.63, 3.8) is 0 Å². The van der Waals surface area contributed by atoms with Gasteiger partial charge >= 0.3 is 0 Å². The van der Waals surface area contributed by atoms with Crippen molar-refractivity contribution in [3.8, 4) is 22.3 Å². The molecule has 0 heterocycles. The maximum atomic E-state index is 8.74. The third kappa shape index (κ3) is 6.32. The zero-order valence-electron chi connectivity index (χ0n) is 22.9. The van der Waals surface area contributed by atoms with E-state index in [1.807, 2.05) is 54.6 Å². The molecule has 0 atom stereocenters. The Morgan fingerprint density at radius 3 is 1.56 bits per heavy atom. The summed E-state index contributed by atoms with van der Waals surface area (Å²) in [6.45, 7) is 0. The minimum Gasteiger partial charge on any atom is -0.300 e. The van der Waals surface area contributed by atoms with Crippen LogP contribution in [0, 0.1) is 5.41 Å². The van der Waals surface area contributed by atoms with Crippen molar-refractivity contribution < 1.29 is 0 Å². The van der Waals surface area contributed by atoms with Gasteiger partial charge in [-0.3, -0.25) is 0 Å². The Bertz CT molecular complexity index is 1780. The van der Waals surface area contributed by atoms with Gasteiger partial charge in [-0.25, -0.2) is 0 Å². The van der Waals surface area contributed by atoms with Crippen LogP contribution in [0.15, 0.2) is 170 Å². The first-order chi connectivity index (χ1) is 20.2. The van der Waals surface area contributed by atoms with E-state index in [0.717, 1.165) is 28.7 Å². The molecule has 6 aromatic rings. The monoisotopic (exact) mass is 525 g/mol. The minimum atomic E-state index is 0.496. The highest BCUT2D eigenvalue weighted by atomic mass is 14.4. The third-order valence-corrected chi connectivity index (χ3v) is 7.36. The normalized spacial score (nSPS) is 11.3. The van der Waals surface area contributed by atoms with E-state index in [-0.39, 0.29) is 0 Å². The van der Waals surface area contributed by atoms with E-state index in [4.69, 9.17) is 5.41 Å². The summed E-state index contributed by atoms with van der Waals surface area (Å²) in [6, 6.07) is 57.1. The van der Waals surface area contributed by atoms with Gasteiger partial charge < -0.3 is 5.41 Å². The van der Waals surface area contributed by atoms with E-state index in [2.05, 4.69) is 115 Å². The van der Waals surface area contributed by atoms with Crippen LogP contribution < -0.4 is 0 Å². The predicted molar refractivity (Wildman–Crippen MR) is 173 cm³/mol. The molecular weight excluding hydrogens is 494 g/mol. The summed E-state index contributed by atoms with van der Waals surface area (Å²) < 4.78 is 0. The van der Waals surface area contributed by atoms with Crippen molar-refractivity contribution >= 4 is 11.3 Å². The molecule has 6 aromatic carbocycles. The average molecular weight is 526 g/mol. The van der Waals surface area contributed by atoms with E-state index in [1.54, 1.807) is 0 Å². The highest BCUT2D eigenvalue weighted by Crippen LogP contribution is 2.30. The molecule has 0 unspecified atom stereocenters. The first kappa shape index (κ1) is 26.0. The fraction of sp³-hybridized carbons (Fsp3) is 0.0250. The highest BCUT2D eigenvalue weighted by molar-refractivity contribution is 6.11. The molecule has 0 aromatic heterocycles. The van der Waals surface area contributed by atoms with Crippen LogP contribution in [0.25, 0.3) is 27.8 Å². The Morgan fingerprint density at radius 2 is 0.902 bits per heavy atom.